The maximum atomic E-state index is 12.4. The zero-order valence-corrected chi connectivity index (χ0v) is 11.2. The highest BCUT2D eigenvalue weighted by molar-refractivity contribution is 5.97. The molecule has 0 spiro atoms. The molecular weight excluding hydrogens is 250 g/mol. The Morgan fingerprint density at radius 2 is 2.15 bits per heavy atom. The SMILES string of the molecule is CN(Cc1ccccn1)C(=O)c1ccc2cc[nH]c2c1. The zero-order valence-electron chi connectivity index (χ0n) is 11.2. The highest BCUT2D eigenvalue weighted by Gasteiger charge is 2.13. The van der Waals surface area contributed by atoms with Crippen molar-refractivity contribution in [2.24, 2.45) is 0 Å². The van der Waals surface area contributed by atoms with E-state index in [-0.39, 0.29) is 5.91 Å². The Morgan fingerprint density at radius 1 is 1.25 bits per heavy atom. The quantitative estimate of drug-likeness (QED) is 0.791. The molecular formula is C16H15N3O. The molecule has 0 fully saturated rings. The second kappa shape index (κ2) is 5.17. The molecule has 2 aromatic heterocycles. The van der Waals surface area contributed by atoms with Gasteiger partial charge in [0, 0.05) is 30.5 Å². The predicted octanol–water partition coefficient (Wildman–Crippen LogP) is 2.84. The smallest absolute Gasteiger partial charge is 0.254 e. The van der Waals surface area contributed by atoms with E-state index in [0.717, 1.165) is 16.6 Å². The summed E-state index contributed by atoms with van der Waals surface area (Å²) in [6, 6.07) is 13.4. The van der Waals surface area contributed by atoms with Gasteiger partial charge < -0.3 is 9.88 Å². The average Bonchev–Trinajstić information content (AvgIpc) is 2.94. The fourth-order valence-corrected chi connectivity index (χ4v) is 2.21. The first-order valence-corrected chi connectivity index (χ1v) is 6.46. The Balaban J connectivity index is 1.80. The minimum atomic E-state index is -0.00727. The van der Waals surface area contributed by atoms with Crippen molar-refractivity contribution in [2.75, 3.05) is 7.05 Å². The van der Waals surface area contributed by atoms with E-state index in [4.69, 9.17) is 0 Å². The van der Waals surface area contributed by atoms with Crippen molar-refractivity contribution in [1.82, 2.24) is 14.9 Å². The van der Waals surface area contributed by atoms with Crippen LogP contribution in [-0.2, 0) is 6.54 Å². The number of hydrogen-bond donors (Lipinski definition) is 1. The van der Waals surface area contributed by atoms with Gasteiger partial charge in [0.2, 0.25) is 0 Å². The van der Waals surface area contributed by atoms with Crippen LogP contribution in [0.15, 0.2) is 54.9 Å². The molecule has 0 aliphatic carbocycles. The van der Waals surface area contributed by atoms with Crippen LogP contribution in [0.2, 0.25) is 0 Å². The van der Waals surface area contributed by atoms with Crippen LogP contribution in [0.1, 0.15) is 16.1 Å². The van der Waals surface area contributed by atoms with Gasteiger partial charge in [0.15, 0.2) is 0 Å². The van der Waals surface area contributed by atoms with Crippen molar-refractivity contribution in [3.63, 3.8) is 0 Å². The van der Waals surface area contributed by atoms with Gasteiger partial charge in [0.25, 0.3) is 5.91 Å². The Kier molecular flexibility index (Phi) is 3.21. The van der Waals surface area contributed by atoms with E-state index >= 15 is 0 Å². The number of nitrogens with zero attached hydrogens (tertiary/aromatic N) is 2. The number of aromatic nitrogens is 2. The minimum Gasteiger partial charge on any atom is -0.361 e. The van der Waals surface area contributed by atoms with Crippen LogP contribution in [0.3, 0.4) is 0 Å². The Labute approximate surface area is 117 Å². The number of carbonyl (C=O) groups excluding carboxylic acids is 1. The van der Waals surface area contributed by atoms with Crippen LogP contribution in [0, 0.1) is 0 Å². The highest BCUT2D eigenvalue weighted by Crippen LogP contribution is 2.15. The third-order valence-electron chi connectivity index (χ3n) is 3.27. The summed E-state index contributed by atoms with van der Waals surface area (Å²) in [5.41, 5.74) is 2.53. The maximum absolute atomic E-state index is 12.4. The van der Waals surface area contributed by atoms with Gasteiger partial charge in [0.1, 0.15) is 0 Å². The van der Waals surface area contributed by atoms with Gasteiger partial charge in [-0.1, -0.05) is 12.1 Å². The molecule has 20 heavy (non-hydrogen) atoms. The Morgan fingerprint density at radius 3 is 2.95 bits per heavy atom. The van der Waals surface area contributed by atoms with Crippen LogP contribution >= 0.6 is 0 Å². The van der Waals surface area contributed by atoms with E-state index in [1.807, 2.05) is 48.7 Å². The van der Waals surface area contributed by atoms with Gasteiger partial charge in [-0.15, -0.1) is 0 Å². The number of benzene rings is 1. The molecule has 0 saturated heterocycles. The molecule has 0 bridgehead atoms. The maximum Gasteiger partial charge on any atom is 0.254 e. The molecule has 1 amide bonds. The molecule has 3 rings (SSSR count). The fraction of sp³-hybridized carbons (Fsp3) is 0.125. The molecule has 100 valence electrons. The van der Waals surface area contributed by atoms with Crippen molar-refractivity contribution in [3.8, 4) is 0 Å². The third-order valence-corrected chi connectivity index (χ3v) is 3.27. The normalized spacial score (nSPS) is 10.7. The first kappa shape index (κ1) is 12.4. The van der Waals surface area contributed by atoms with Crippen LogP contribution in [0.25, 0.3) is 10.9 Å². The summed E-state index contributed by atoms with van der Waals surface area (Å²) < 4.78 is 0. The van der Waals surface area contributed by atoms with Gasteiger partial charge in [-0.25, -0.2) is 0 Å². The van der Waals surface area contributed by atoms with E-state index in [2.05, 4.69) is 9.97 Å². The summed E-state index contributed by atoms with van der Waals surface area (Å²) in [4.78, 5) is 21.4. The third kappa shape index (κ3) is 2.40. The second-order valence-corrected chi connectivity index (χ2v) is 4.76. The lowest BCUT2D eigenvalue weighted by molar-refractivity contribution is 0.0783. The van der Waals surface area contributed by atoms with Crippen LogP contribution in [0.4, 0.5) is 0 Å². The topological polar surface area (TPSA) is 49.0 Å². The molecule has 0 aliphatic rings. The van der Waals surface area contributed by atoms with E-state index < -0.39 is 0 Å². The molecule has 0 radical (unpaired) electrons. The standard InChI is InChI=1S/C16H15N3O/c1-19(11-14-4-2-3-8-17-14)16(20)13-6-5-12-7-9-18-15(12)10-13/h2-10,18H,11H2,1H3. The first-order chi connectivity index (χ1) is 9.74. The van der Waals surface area contributed by atoms with Gasteiger partial charge in [-0.2, -0.15) is 0 Å². The fourth-order valence-electron chi connectivity index (χ4n) is 2.21. The van der Waals surface area contributed by atoms with E-state index in [9.17, 15) is 4.79 Å². The van der Waals surface area contributed by atoms with Crippen LogP contribution in [0.5, 0.6) is 0 Å². The Hall–Kier alpha value is -2.62. The van der Waals surface area contributed by atoms with Crippen LogP contribution < -0.4 is 0 Å². The highest BCUT2D eigenvalue weighted by atomic mass is 16.2. The average molecular weight is 265 g/mol. The second-order valence-electron chi connectivity index (χ2n) is 4.76. The molecule has 4 nitrogen and oxygen atoms in total. The lowest BCUT2D eigenvalue weighted by atomic mass is 10.1. The van der Waals surface area contributed by atoms with E-state index in [1.54, 1.807) is 18.1 Å². The number of amides is 1. The molecule has 0 aliphatic heterocycles. The molecule has 3 aromatic rings. The molecule has 2 heterocycles. The number of pyridine rings is 1. The molecule has 1 N–H and O–H groups in total. The largest absolute Gasteiger partial charge is 0.361 e. The van der Waals surface area contributed by atoms with Gasteiger partial charge in [0.05, 0.1) is 12.2 Å². The van der Waals surface area contributed by atoms with Gasteiger partial charge in [-0.05, 0) is 35.7 Å². The number of fused-ring (bicyclic) bond motifs is 1. The first-order valence-electron chi connectivity index (χ1n) is 6.46. The minimum absolute atomic E-state index is 0.00727. The monoisotopic (exact) mass is 265 g/mol. The van der Waals surface area contributed by atoms with Crippen molar-refractivity contribution in [2.45, 2.75) is 6.54 Å². The summed E-state index contributed by atoms with van der Waals surface area (Å²) in [5, 5.41) is 1.11. The summed E-state index contributed by atoms with van der Waals surface area (Å²) in [6.45, 7) is 0.502. The lowest BCUT2D eigenvalue weighted by Gasteiger charge is -2.16. The van der Waals surface area contributed by atoms with Crippen LogP contribution in [-0.4, -0.2) is 27.8 Å². The molecule has 1 aromatic carbocycles. The number of aromatic amines is 1. The van der Waals surface area contributed by atoms with E-state index in [1.165, 1.54) is 0 Å². The number of rotatable bonds is 3. The van der Waals surface area contributed by atoms with Crippen molar-refractivity contribution < 1.29 is 4.79 Å². The number of H-pyrrole nitrogens is 1. The summed E-state index contributed by atoms with van der Waals surface area (Å²) >= 11 is 0. The number of hydrogen-bond acceptors (Lipinski definition) is 2. The molecule has 0 saturated carbocycles. The van der Waals surface area contributed by atoms with Crippen molar-refractivity contribution >= 4 is 16.8 Å². The van der Waals surface area contributed by atoms with Crippen molar-refractivity contribution in [3.05, 3.63) is 66.1 Å². The zero-order chi connectivity index (χ0) is 13.9. The number of nitrogens with one attached hydrogen (secondary N) is 1. The summed E-state index contributed by atoms with van der Waals surface area (Å²) in [5.74, 6) is -0.00727. The summed E-state index contributed by atoms with van der Waals surface area (Å²) in [7, 11) is 1.79. The van der Waals surface area contributed by atoms with Gasteiger partial charge in [-0.3, -0.25) is 9.78 Å². The molecule has 4 heteroatoms. The molecule has 0 atom stereocenters. The van der Waals surface area contributed by atoms with E-state index in [0.29, 0.717) is 12.1 Å². The molecule has 0 unspecified atom stereocenters. The lowest BCUT2D eigenvalue weighted by Crippen LogP contribution is -2.26. The Bertz CT molecular complexity index is 734. The summed E-state index contributed by atoms with van der Waals surface area (Å²) in [6.07, 6.45) is 3.61. The number of carbonyl (C=O) groups is 1. The van der Waals surface area contributed by atoms with Crippen molar-refractivity contribution in [1.29, 1.82) is 0 Å². The predicted molar refractivity (Wildman–Crippen MR) is 78.3 cm³/mol. The van der Waals surface area contributed by atoms with Gasteiger partial charge >= 0.3 is 0 Å².